The van der Waals surface area contributed by atoms with E-state index in [-0.39, 0.29) is 5.82 Å². The van der Waals surface area contributed by atoms with Crippen LogP contribution in [0.1, 0.15) is 0 Å². The van der Waals surface area contributed by atoms with Crippen LogP contribution < -0.4 is 4.74 Å². The smallest absolute Gasteiger partial charge is 0.123 e. The van der Waals surface area contributed by atoms with Gasteiger partial charge in [-0.25, -0.2) is 19.3 Å². The van der Waals surface area contributed by atoms with Crippen molar-refractivity contribution in [3.05, 3.63) is 72.8 Å². The van der Waals surface area contributed by atoms with E-state index in [4.69, 9.17) is 9.72 Å². The van der Waals surface area contributed by atoms with Crippen LogP contribution in [0.4, 0.5) is 4.39 Å². The van der Waals surface area contributed by atoms with Gasteiger partial charge in [-0.1, -0.05) is 0 Å². The third-order valence-electron chi connectivity index (χ3n) is 3.99. The van der Waals surface area contributed by atoms with Crippen molar-refractivity contribution in [3.63, 3.8) is 0 Å². The van der Waals surface area contributed by atoms with Gasteiger partial charge in [-0.2, -0.15) is 0 Å². The Hall–Kier alpha value is -3.34. The summed E-state index contributed by atoms with van der Waals surface area (Å²) in [5.74, 6) is 0.508. The highest BCUT2D eigenvalue weighted by atomic mass is 19.1. The lowest BCUT2D eigenvalue weighted by molar-refractivity contribution is 0.415. The van der Waals surface area contributed by atoms with Crippen molar-refractivity contribution in [2.75, 3.05) is 7.11 Å². The molecule has 4 rings (SSSR count). The Morgan fingerprint density at radius 2 is 1.52 bits per heavy atom. The first-order valence-corrected chi connectivity index (χ1v) is 7.77. The van der Waals surface area contributed by atoms with Crippen molar-refractivity contribution in [3.8, 4) is 28.3 Å². The van der Waals surface area contributed by atoms with Gasteiger partial charge in [0.1, 0.15) is 23.4 Å². The monoisotopic (exact) mass is 331 g/mol. The summed E-state index contributed by atoms with van der Waals surface area (Å²) in [6.07, 6.45) is 1.53. The Labute approximate surface area is 144 Å². The van der Waals surface area contributed by atoms with E-state index in [0.29, 0.717) is 5.52 Å². The number of benzene rings is 2. The van der Waals surface area contributed by atoms with Crippen LogP contribution in [0.3, 0.4) is 0 Å². The van der Waals surface area contributed by atoms with E-state index in [1.54, 1.807) is 19.2 Å². The van der Waals surface area contributed by atoms with Gasteiger partial charge in [0.2, 0.25) is 0 Å². The molecule has 0 radical (unpaired) electrons. The maximum Gasteiger partial charge on any atom is 0.123 e. The second-order valence-corrected chi connectivity index (χ2v) is 5.52. The fraction of sp³-hybridized carbons (Fsp3) is 0.0500. The topological polar surface area (TPSA) is 47.9 Å². The second kappa shape index (κ2) is 6.28. The van der Waals surface area contributed by atoms with Crippen molar-refractivity contribution in [1.29, 1.82) is 0 Å². The third-order valence-corrected chi connectivity index (χ3v) is 3.99. The SMILES string of the molecule is COc1ccc(-c2ncnc3ccc(-c4ccc(F)cc4)nc23)cc1. The molecule has 4 nitrogen and oxygen atoms in total. The third kappa shape index (κ3) is 2.92. The predicted octanol–water partition coefficient (Wildman–Crippen LogP) is 4.51. The number of rotatable bonds is 3. The molecule has 0 fully saturated rings. The van der Waals surface area contributed by atoms with Gasteiger partial charge >= 0.3 is 0 Å². The number of hydrogen-bond acceptors (Lipinski definition) is 4. The maximum atomic E-state index is 13.2. The van der Waals surface area contributed by atoms with E-state index < -0.39 is 0 Å². The zero-order valence-electron chi connectivity index (χ0n) is 13.5. The Kier molecular flexibility index (Phi) is 3.82. The van der Waals surface area contributed by atoms with Crippen LogP contribution in [-0.4, -0.2) is 22.1 Å². The van der Waals surface area contributed by atoms with Gasteiger partial charge in [-0.15, -0.1) is 0 Å². The normalized spacial score (nSPS) is 10.8. The molecule has 0 amide bonds. The number of aromatic nitrogens is 3. The lowest BCUT2D eigenvalue weighted by Gasteiger charge is -2.08. The average Bonchev–Trinajstić information content (AvgIpc) is 2.68. The van der Waals surface area contributed by atoms with Crippen LogP contribution in [0.5, 0.6) is 5.75 Å². The van der Waals surface area contributed by atoms with E-state index >= 15 is 0 Å². The highest BCUT2D eigenvalue weighted by molar-refractivity contribution is 5.90. The summed E-state index contributed by atoms with van der Waals surface area (Å²) in [6, 6.07) is 17.7. The number of nitrogens with zero attached hydrogens (tertiary/aromatic N) is 3. The van der Waals surface area contributed by atoms with Crippen molar-refractivity contribution >= 4 is 11.0 Å². The van der Waals surface area contributed by atoms with E-state index in [9.17, 15) is 4.39 Å². The zero-order valence-corrected chi connectivity index (χ0v) is 13.5. The van der Waals surface area contributed by atoms with E-state index in [2.05, 4.69) is 9.97 Å². The first kappa shape index (κ1) is 15.2. The Bertz CT molecular complexity index is 1030. The van der Waals surface area contributed by atoms with E-state index in [0.717, 1.165) is 33.8 Å². The van der Waals surface area contributed by atoms with Crippen LogP contribution in [0.25, 0.3) is 33.5 Å². The fourth-order valence-electron chi connectivity index (χ4n) is 2.68. The van der Waals surface area contributed by atoms with Crippen molar-refractivity contribution in [1.82, 2.24) is 15.0 Å². The lowest BCUT2D eigenvalue weighted by Crippen LogP contribution is -1.94. The van der Waals surface area contributed by atoms with Crippen molar-refractivity contribution < 1.29 is 9.13 Å². The largest absolute Gasteiger partial charge is 0.497 e. The highest BCUT2D eigenvalue weighted by Crippen LogP contribution is 2.28. The molecule has 2 aromatic carbocycles. The molecule has 4 aromatic rings. The molecular formula is C20H14FN3O. The Morgan fingerprint density at radius 1 is 0.800 bits per heavy atom. The first-order chi connectivity index (χ1) is 12.2. The summed E-state index contributed by atoms with van der Waals surface area (Å²) in [5.41, 5.74) is 4.72. The van der Waals surface area contributed by atoms with Crippen molar-refractivity contribution in [2.24, 2.45) is 0 Å². The van der Waals surface area contributed by atoms with Crippen LogP contribution in [0.15, 0.2) is 67.0 Å². The zero-order chi connectivity index (χ0) is 17.2. The first-order valence-electron chi connectivity index (χ1n) is 7.77. The molecule has 0 aliphatic carbocycles. The number of hydrogen-bond donors (Lipinski definition) is 0. The lowest BCUT2D eigenvalue weighted by atomic mass is 10.1. The highest BCUT2D eigenvalue weighted by Gasteiger charge is 2.10. The van der Waals surface area contributed by atoms with Gasteiger partial charge in [-0.05, 0) is 60.7 Å². The molecule has 0 aliphatic rings. The van der Waals surface area contributed by atoms with Gasteiger partial charge in [-0.3, -0.25) is 0 Å². The standard InChI is InChI=1S/C20H14FN3O/c1-25-16-8-4-14(5-9-16)19-20-18(22-12-23-19)11-10-17(24-20)13-2-6-15(21)7-3-13/h2-12H,1H3. The molecule has 0 atom stereocenters. The molecule has 2 aromatic heterocycles. The molecular weight excluding hydrogens is 317 g/mol. The molecule has 0 aliphatic heterocycles. The minimum absolute atomic E-state index is 0.271. The summed E-state index contributed by atoms with van der Waals surface area (Å²) >= 11 is 0. The molecule has 0 unspecified atom stereocenters. The van der Waals surface area contributed by atoms with Gasteiger partial charge < -0.3 is 4.74 Å². The van der Waals surface area contributed by atoms with Crippen molar-refractivity contribution in [2.45, 2.75) is 0 Å². The molecule has 0 saturated carbocycles. The summed E-state index contributed by atoms with van der Waals surface area (Å²) in [5, 5.41) is 0. The van der Waals surface area contributed by atoms with E-state index in [1.807, 2.05) is 36.4 Å². The number of pyridine rings is 1. The summed E-state index contributed by atoms with van der Waals surface area (Å²) in [4.78, 5) is 13.4. The predicted molar refractivity (Wildman–Crippen MR) is 94.7 cm³/mol. The van der Waals surface area contributed by atoms with Crippen LogP contribution in [0, 0.1) is 5.82 Å². The molecule has 25 heavy (non-hydrogen) atoms. The summed E-state index contributed by atoms with van der Waals surface area (Å²) in [7, 11) is 1.63. The van der Waals surface area contributed by atoms with Crippen LogP contribution in [0.2, 0.25) is 0 Å². The number of methoxy groups -OCH3 is 1. The summed E-state index contributed by atoms with van der Waals surface area (Å²) in [6.45, 7) is 0. The van der Waals surface area contributed by atoms with Gasteiger partial charge in [0.05, 0.1) is 24.0 Å². The average molecular weight is 331 g/mol. The number of halogens is 1. The molecule has 5 heteroatoms. The van der Waals surface area contributed by atoms with E-state index in [1.165, 1.54) is 18.5 Å². The molecule has 122 valence electrons. The van der Waals surface area contributed by atoms with Crippen LogP contribution in [-0.2, 0) is 0 Å². The maximum absolute atomic E-state index is 13.2. The Balaban J connectivity index is 1.86. The summed E-state index contributed by atoms with van der Waals surface area (Å²) < 4.78 is 18.4. The fourth-order valence-corrected chi connectivity index (χ4v) is 2.68. The minimum Gasteiger partial charge on any atom is -0.497 e. The number of ether oxygens (including phenoxy) is 1. The van der Waals surface area contributed by atoms with Gasteiger partial charge in [0.25, 0.3) is 0 Å². The molecule has 0 saturated heterocycles. The second-order valence-electron chi connectivity index (χ2n) is 5.52. The Morgan fingerprint density at radius 3 is 2.24 bits per heavy atom. The molecule has 0 bridgehead atoms. The van der Waals surface area contributed by atoms with Gasteiger partial charge in [0.15, 0.2) is 0 Å². The molecule has 0 N–H and O–H groups in total. The molecule has 2 heterocycles. The minimum atomic E-state index is -0.271. The van der Waals surface area contributed by atoms with Crippen LogP contribution >= 0.6 is 0 Å². The quantitative estimate of drug-likeness (QED) is 0.554. The van der Waals surface area contributed by atoms with Gasteiger partial charge in [0, 0.05) is 11.1 Å². The number of fused-ring (bicyclic) bond motifs is 1. The molecule has 0 spiro atoms.